The molecular weight excluding hydrogens is 446 g/mol. The number of carbonyl (C=O) groups is 2. The van der Waals surface area contributed by atoms with Crippen LogP contribution in [0.4, 0.5) is 10.5 Å². The van der Waals surface area contributed by atoms with Crippen LogP contribution in [0.3, 0.4) is 0 Å². The molecule has 0 saturated heterocycles. The molecule has 0 saturated carbocycles. The molecule has 0 aromatic heterocycles. The van der Waals surface area contributed by atoms with Crippen LogP contribution < -0.4 is 5.32 Å². The Morgan fingerprint density at radius 3 is 2.20 bits per heavy atom. The quantitative estimate of drug-likeness (QED) is 0.480. The molecule has 0 spiro atoms. The summed E-state index contributed by atoms with van der Waals surface area (Å²) < 4.78 is 6.27. The number of anilines is 1. The number of benzene rings is 3. The van der Waals surface area contributed by atoms with Gasteiger partial charge >= 0.3 is 12.1 Å². The molecule has 30 heavy (non-hydrogen) atoms. The first-order chi connectivity index (χ1) is 14.5. The molecule has 0 unspecified atom stereocenters. The zero-order chi connectivity index (χ0) is 21.1. The van der Waals surface area contributed by atoms with Crippen molar-refractivity contribution in [3.8, 4) is 11.1 Å². The van der Waals surface area contributed by atoms with Crippen LogP contribution in [-0.2, 0) is 16.0 Å². The van der Waals surface area contributed by atoms with Crippen molar-refractivity contribution in [1.82, 2.24) is 0 Å². The second-order valence-corrected chi connectivity index (χ2v) is 7.97. The van der Waals surface area contributed by atoms with Gasteiger partial charge in [0.15, 0.2) is 0 Å². The predicted molar refractivity (Wildman–Crippen MR) is 119 cm³/mol. The Balaban J connectivity index is 1.48. The van der Waals surface area contributed by atoms with Gasteiger partial charge in [0.2, 0.25) is 0 Å². The third-order valence-corrected chi connectivity index (χ3v) is 5.94. The molecular formula is C24H20BrNO4. The summed E-state index contributed by atoms with van der Waals surface area (Å²) in [6, 6.07) is 21.7. The molecule has 6 heteroatoms. The molecule has 1 aliphatic rings. The van der Waals surface area contributed by atoms with Crippen LogP contribution in [0.5, 0.6) is 0 Å². The number of amides is 1. The lowest BCUT2D eigenvalue weighted by atomic mass is 9.98. The first-order valence-electron chi connectivity index (χ1n) is 9.66. The van der Waals surface area contributed by atoms with Gasteiger partial charge < -0.3 is 9.84 Å². The summed E-state index contributed by atoms with van der Waals surface area (Å²) in [5, 5.41) is 11.7. The standard InChI is InChI=1S/C24H20BrNO4/c25-21-11-5-6-15(12-13-22(27)28)23(21)26-24(29)30-14-20-18-9-3-1-7-16(18)17-8-2-4-10-19(17)20/h1-11,20H,12-14H2,(H,26,29)(H,27,28). The second kappa shape index (κ2) is 8.71. The van der Waals surface area contributed by atoms with Crippen LogP contribution in [0.1, 0.15) is 29.0 Å². The van der Waals surface area contributed by atoms with E-state index >= 15 is 0 Å². The number of halogens is 1. The molecule has 2 N–H and O–H groups in total. The van der Waals surface area contributed by atoms with Gasteiger partial charge in [0, 0.05) is 16.8 Å². The minimum Gasteiger partial charge on any atom is -0.481 e. The van der Waals surface area contributed by atoms with Gasteiger partial charge in [-0.3, -0.25) is 10.1 Å². The van der Waals surface area contributed by atoms with Crippen molar-refractivity contribution in [3.63, 3.8) is 0 Å². The van der Waals surface area contributed by atoms with Gasteiger partial charge in [-0.25, -0.2) is 4.79 Å². The lowest BCUT2D eigenvalue weighted by Gasteiger charge is -2.16. The third-order valence-electron chi connectivity index (χ3n) is 5.28. The second-order valence-electron chi connectivity index (χ2n) is 7.12. The van der Waals surface area contributed by atoms with Crippen LogP contribution in [0.25, 0.3) is 11.1 Å². The van der Waals surface area contributed by atoms with E-state index in [0.29, 0.717) is 16.6 Å². The van der Waals surface area contributed by atoms with Crippen LogP contribution >= 0.6 is 15.9 Å². The van der Waals surface area contributed by atoms with E-state index in [0.717, 1.165) is 16.7 Å². The Morgan fingerprint density at radius 1 is 0.933 bits per heavy atom. The predicted octanol–water partition coefficient (Wildman–Crippen LogP) is 5.83. The van der Waals surface area contributed by atoms with Crippen LogP contribution in [0, 0.1) is 0 Å². The fourth-order valence-corrected chi connectivity index (χ4v) is 4.40. The van der Waals surface area contributed by atoms with E-state index in [1.54, 1.807) is 12.1 Å². The SMILES string of the molecule is O=C(O)CCc1cccc(Br)c1NC(=O)OCC1c2ccccc2-c2ccccc21. The van der Waals surface area contributed by atoms with Crippen LogP contribution in [0.2, 0.25) is 0 Å². The van der Waals surface area contributed by atoms with Crippen molar-refractivity contribution in [2.24, 2.45) is 0 Å². The van der Waals surface area contributed by atoms with Crippen LogP contribution in [-0.4, -0.2) is 23.8 Å². The maximum absolute atomic E-state index is 12.6. The number of carbonyl (C=O) groups excluding carboxylic acids is 1. The number of fused-ring (bicyclic) bond motifs is 3. The van der Waals surface area contributed by atoms with E-state index in [-0.39, 0.29) is 18.9 Å². The molecule has 1 amide bonds. The highest BCUT2D eigenvalue weighted by molar-refractivity contribution is 9.10. The van der Waals surface area contributed by atoms with Crippen molar-refractivity contribution in [1.29, 1.82) is 0 Å². The number of para-hydroxylation sites is 1. The number of rotatable bonds is 6. The number of hydrogen-bond donors (Lipinski definition) is 2. The van der Waals surface area contributed by atoms with Gasteiger partial charge in [0.25, 0.3) is 0 Å². The number of aliphatic carboxylic acids is 1. The molecule has 5 nitrogen and oxygen atoms in total. The summed E-state index contributed by atoms with van der Waals surface area (Å²) in [7, 11) is 0. The highest BCUT2D eigenvalue weighted by Gasteiger charge is 2.29. The largest absolute Gasteiger partial charge is 0.481 e. The zero-order valence-corrected chi connectivity index (χ0v) is 17.7. The van der Waals surface area contributed by atoms with Gasteiger partial charge in [0.05, 0.1) is 5.69 Å². The van der Waals surface area contributed by atoms with Crippen LogP contribution in [0.15, 0.2) is 71.2 Å². The Hall–Kier alpha value is -3.12. The molecule has 0 heterocycles. The summed E-state index contributed by atoms with van der Waals surface area (Å²) in [6.45, 7) is 0.217. The molecule has 1 aliphatic carbocycles. The van der Waals surface area contributed by atoms with Crippen molar-refractivity contribution < 1.29 is 19.4 Å². The highest BCUT2D eigenvalue weighted by Crippen LogP contribution is 2.44. The van der Waals surface area contributed by atoms with E-state index in [1.807, 2.05) is 30.3 Å². The molecule has 3 aromatic rings. The van der Waals surface area contributed by atoms with E-state index < -0.39 is 12.1 Å². The zero-order valence-electron chi connectivity index (χ0n) is 16.1. The first kappa shape index (κ1) is 20.2. The number of ether oxygens (including phenoxy) is 1. The Morgan fingerprint density at radius 2 is 1.57 bits per heavy atom. The van der Waals surface area contributed by atoms with E-state index in [2.05, 4.69) is 45.5 Å². The molecule has 0 bridgehead atoms. The number of nitrogens with one attached hydrogen (secondary N) is 1. The summed E-state index contributed by atoms with van der Waals surface area (Å²) in [4.78, 5) is 23.5. The normalized spacial score (nSPS) is 12.2. The third kappa shape index (κ3) is 4.09. The summed E-state index contributed by atoms with van der Waals surface area (Å²) in [5.41, 5.74) is 5.91. The Labute approximate surface area is 182 Å². The fourth-order valence-electron chi connectivity index (χ4n) is 3.90. The van der Waals surface area contributed by atoms with Crippen molar-refractivity contribution >= 4 is 33.7 Å². The van der Waals surface area contributed by atoms with Gasteiger partial charge in [0.1, 0.15) is 6.61 Å². The van der Waals surface area contributed by atoms with E-state index in [9.17, 15) is 9.59 Å². The minimum atomic E-state index is -0.887. The lowest BCUT2D eigenvalue weighted by molar-refractivity contribution is -0.136. The summed E-state index contributed by atoms with van der Waals surface area (Å²) >= 11 is 3.43. The Bertz CT molecular complexity index is 1070. The molecule has 0 aliphatic heterocycles. The molecule has 0 atom stereocenters. The Kier molecular flexibility index (Phi) is 5.86. The monoisotopic (exact) mass is 465 g/mol. The molecule has 0 fully saturated rings. The fraction of sp³-hybridized carbons (Fsp3) is 0.167. The number of carboxylic acids is 1. The first-order valence-corrected chi connectivity index (χ1v) is 10.4. The average molecular weight is 466 g/mol. The molecule has 4 rings (SSSR count). The number of hydrogen-bond acceptors (Lipinski definition) is 3. The summed E-state index contributed by atoms with van der Waals surface area (Å²) in [6.07, 6.45) is -0.274. The van der Waals surface area contributed by atoms with Gasteiger partial charge in [-0.05, 0) is 56.2 Å². The highest BCUT2D eigenvalue weighted by atomic mass is 79.9. The smallest absolute Gasteiger partial charge is 0.411 e. The van der Waals surface area contributed by atoms with E-state index in [1.165, 1.54) is 11.1 Å². The van der Waals surface area contributed by atoms with Crippen molar-refractivity contribution in [3.05, 3.63) is 87.9 Å². The number of carboxylic acid groups (broad SMARTS) is 1. The van der Waals surface area contributed by atoms with Crippen molar-refractivity contribution in [2.45, 2.75) is 18.8 Å². The molecule has 3 aromatic carbocycles. The van der Waals surface area contributed by atoms with Gasteiger partial charge in [-0.2, -0.15) is 0 Å². The minimum absolute atomic E-state index is 0.0180. The van der Waals surface area contributed by atoms with Gasteiger partial charge in [-0.1, -0.05) is 60.7 Å². The van der Waals surface area contributed by atoms with Crippen molar-refractivity contribution in [2.75, 3.05) is 11.9 Å². The molecule has 152 valence electrons. The topological polar surface area (TPSA) is 75.6 Å². The number of aryl methyl sites for hydroxylation is 1. The maximum Gasteiger partial charge on any atom is 0.411 e. The molecule has 0 radical (unpaired) electrons. The van der Waals surface area contributed by atoms with E-state index in [4.69, 9.17) is 9.84 Å². The summed E-state index contributed by atoms with van der Waals surface area (Å²) in [5.74, 6) is -0.907. The lowest BCUT2D eigenvalue weighted by Crippen LogP contribution is -2.19. The maximum atomic E-state index is 12.6. The average Bonchev–Trinajstić information content (AvgIpc) is 3.06. The van der Waals surface area contributed by atoms with Gasteiger partial charge in [-0.15, -0.1) is 0 Å².